The fourth-order valence-corrected chi connectivity index (χ4v) is 8.57. The van der Waals surface area contributed by atoms with Crippen LogP contribution in [0, 0.1) is 0 Å². The van der Waals surface area contributed by atoms with Crippen molar-refractivity contribution in [3.63, 3.8) is 0 Å². The number of halogens is 2. The van der Waals surface area contributed by atoms with Crippen LogP contribution in [0.3, 0.4) is 0 Å². The van der Waals surface area contributed by atoms with E-state index in [1.807, 2.05) is 0 Å². The van der Waals surface area contributed by atoms with Crippen molar-refractivity contribution < 1.29 is 42.2 Å². The summed E-state index contributed by atoms with van der Waals surface area (Å²) >= 11 is 2.84. The topological polar surface area (TPSA) is 0 Å². The van der Waals surface area contributed by atoms with Crippen molar-refractivity contribution in [3.8, 4) is 0 Å². The van der Waals surface area contributed by atoms with Gasteiger partial charge in [0, 0.05) is 0 Å². The predicted molar refractivity (Wildman–Crippen MR) is 66.4 cm³/mol. The third-order valence-electron chi connectivity index (χ3n) is 2.76. The van der Waals surface area contributed by atoms with E-state index in [4.69, 9.17) is 0 Å². The second-order valence-corrected chi connectivity index (χ2v) is 17.0. The van der Waals surface area contributed by atoms with Gasteiger partial charge < -0.3 is 24.8 Å². The average Bonchev–Trinajstić information content (AvgIpc) is 2.26. The fourth-order valence-electron chi connectivity index (χ4n) is 1.88. The summed E-state index contributed by atoms with van der Waals surface area (Å²) in [5.74, 6) is 0. The monoisotopic (exact) mass is 330 g/mol. The maximum absolute atomic E-state index is 2.84. The van der Waals surface area contributed by atoms with E-state index in [0.29, 0.717) is 0 Å². The standard InChI is InChI=1S/C11H21Si2.2ClH.V/c1-12(2,3)10-7-8-11(9-10)13(4,5)6;;;/h7H,8H2,1-6H3;2*1H;/q;;;+2/p-2. The summed E-state index contributed by atoms with van der Waals surface area (Å²) in [5.41, 5.74) is 0. The Balaban J connectivity index is 0. The van der Waals surface area contributed by atoms with Gasteiger partial charge in [0.25, 0.3) is 0 Å². The average molecular weight is 331 g/mol. The first-order chi connectivity index (χ1) is 6.14. The van der Waals surface area contributed by atoms with Crippen molar-refractivity contribution in [1.29, 1.82) is 0 Å². The number of rotatable bonds is 2. The molecule has 0 unspecified atom stereocenters. The molecule has 1 aliphatic carbocycles. The van der Waals surface area contributed by atoms with Crippen LogP contribution in [0.2, 0.25) is 39.3 Å². The van der Waals surface area contributed by atoms with Gasteiger partial charge in [-0.1, -0.05) is 0 Å². The molecule has 0 fully saturated rings. The van der Waals surface area contributed by atoms with Crippen molar-refractivity contribution in [2.75, 3.05) is 0 Å². The van der Waals surface area contributed by atoms with E-state index >= 15 is 0 Å². The minimum absolute atomic E-state index is 0. The molecule has 0 N–H and O–H groups in total. The maximum atomic E-state index is 2.84. The van der Waals surface area contributed by atoms with Crippen LogP contribution in [-0.4, -0.2) is 16.1 Å². The van der Waals surface area contributed by atoms with Gasteiger partial charge in [-0.2, -0.15) is 0 Å². The summed E-state index contributed by atoms with van der Waals surface area (Å²) in [4.78, 5) is 0. The van der Waals surface area contributed by atoms with E-state index in [1.54, 1.807) is 14.7 Å². The van der Waals surface area contributed by atoms with Gasteiger partial charge in [-0.05, 0) is 0 Å². The van der Waals surface area contributed by atoms with Gasteiger partial charge in [0.15, 0.2) is 0 Å². The molecule has 1 rings (SSSR count). The Bertz CT molecular complexity index is 291. The molecule has 0 nitrogen and oxygen atoms in total. The minimum atomic E-state index is -1.10. The predicted octanol–water partition coefficient (Wildman–Crippen LogP) is -2.12. The van der Waals surface area contributed by atoms with Crippen molar-refractivity contribution in [2.45, 2.75) is 45.7 Å². The molecule has 0 spiro atoms. The van der Waals surface area contributed by atoms with Crippen LogP contribution in [0.1, 0.15) is 6.42 Å². The van der Waals surface area contributed by atoms with E-state index in [2.05, 4.69) is 62.8 Å². The van der Waals surface area contributed by atoms with Crippen LogP contribution in [0.25, 0.3) is 0 Å². The second-order valence-electron chi connectivity index (χ2n) is 6.15. The molecule has 0 aliphatic heterocycles. The van der Waals surface area contributed by atoms with Gasteiger partial charge in [0.2, 0.25) is 0 Å². The molecule has 5 heteroatoms. The van der Waals surface area contributed by atoms with Crippen LogP contribution < -0.4 is 24.8 Å². The first-order valence-electron chi connectivity index (χ1n) is 5.27. The molecule has 92 valence electrons. The molecule has 16 heavy (non-hydrogen) atoms. The molecule has 0 radical (unpaired) electrons. The van der Waals surface area contributed by atoms with E-state index in [1.165, 1.54) is 6.42 Å². The van der Waals surface area contributed by atoms with Gasteiger partial charge in [-0.25, -0.2) is 0 Å². The van der Waals surface area contributed by atoms with Crippen LogP contribution >= 0.6 is 0 Å². The normalized spacial score (nSPS) is 16.4. The van der Waals surface area contributed by atoms with E-state index < -0.39 is 16.1 Å². The Morgan fingerprint density at radius 2 is 1.38 bits per heavy atom. The molecule has 1 aliphatic rings. The summed E-state index contributed by atoms with van der Waals surface area (Å²) in [6.45, 7) is 14.7. The summed E-state index contributed by atoms with van der Waals surface area (Å²) in [6.07, 6.45) is 3.73. The molecule has 0 aromatic rings. The smallest absolute Gasteiger partial charge is 1.00 e. The first kappa shape index (κ1) is 19.4. The SMILES string of the molecule is C[Si](C)(C)C1=CCC([Si](C)(C)C)=[C]1[V+2].[Cl-].[Cl-]. The van der Waals surface area contributed by atoms with Crippen molar-refractivity contribution in [1.82, 2.24) is 0 Å². The van der Waals surface area contributed by atoms with Crippen LogP contribution in [0.15, 0.2) is 20.8 Å². The van der Waals surface area contributed by atoms with Crippen molar-refractivity contribution in [2.24, 2.45) is 0 Å². The Hall–Kier alpha value is 1.08. The summed E-state index contributed by atoms with van der Waals surface area (Å²) in [6, 6.07) is 0. The molecular formula is C11H21Cl2Si2V. The molecule has 0 aromatic heterocycles. The third kappa shape index (κ3) is 4.39. The van der Waals surface area contributed by atoms with Gasteiger partial charge >= 0.3 is 100 Å². The van der Waals surface area contributed by atoms with E-state index in [-0.39, 0.29) is 24.8 Å². The van der Waals surface area contributed by atoms with E-state index in [0.717, 1.165) is 0 Å². The Morgan fingerprint density at radius 1 is 0.938 bits per heavy atom. The quantitative estimate of drug-likeness (QED) is 0.508. The Kier molecular flexibility index (Phi) is 7.65. The molecule has 0 amide bonds. The summed E-state index contributed by atoms with van der Waals surface area (Å²) in [5, 5.41) is 3.45. The van der Waals surface area contributed by atoms with Crippen LogP contribution in [-0.2, 0) is 17.4 Å². The van der Waals surface area contributed by atoms with Gasteiger partial charge in [0.05, 0.1) is 0 Å². The Morgan fingerprint density at radius 3 is 1.56 bits per heavy atom. The molecule has 0 heterocycles. The Labute approximate surface area is 124 Å². The zero-order valence-electron chi connectivity index (χ0n) is 11.0. The molecule has 0 bridgehead atoms. The number of hydrogen-bond donors (Lipinski definition) is 0. The molecule has 0 saturated heterocycles. The second kappa shape index (κ2) is 6.31. The van der Waals surface area contributed by atoms with Crippen LogP contribution in [0.4, 0.5) is 0 Å². The molecule has 0 atom stereocenters. The zero-order valence-corrected chi connectivity index (χ0v) is 15.9. The fraction of sp³-hybridized carbons (Fsp3) is 0.636. The maximum Gasteiger partial charge on any atom is -1.00 e. The van der Waals surface area contributed by atoms with E-state index in [9.17, 15) is 0 Å². The molecule has 0 aromatic carbocycles. The summed E-state index contributed by atoms with van der Waals surface area (Å²) < 4.78 is 1.59. The zero-order chi connectivity index (χ0) is 11.1. The number of hydrogen-bond acceptors (Lipinski definition) is 0. The largest absolute Gasteiger partial charge is 1.00 e. The first-order valence-corrected chi connectivity index (χ1v) is 13.0. The van der Waals surface area contributed by atoms with Crippen molar-refractivity contribution in [3.05, 3.63) is 20.8 Å². The molecule has 0 saturated carbocycles. The summed E-state index contributed by atoms with van der Waals surface area (Å²) in [7, 11) is -2.17. The number of allylic oxidation sites excluding steroid dienone is 4. The van der Waals surface area contributed by atoms with Gasteiger partial charge in [0.1, 0.15) is 0 Å². The molecular weight excluding hydrogens is 310 g/mol. The minimum Gasteiger partial charge on any atom is -1.00 e. The van der Waals surface area contributed by atoms with Gasteiger partial charge in [-0.3, -0.25) is 0 Å². The van der Waals surface area contributed by atoms with Crippen LogP contribution in [0.5, 0.6) is 0 Å². The van der Waals surface area contributed by atoms with Gasteiger partial charge in [-0.15, -0.1) is 0 Å². The van der Waals surface area contributed by atoms with Crippen molar-refractivity contribution >= 4 is 16.1 Å². The third-order valence-corrected chi connectivity index (χ3v) is 8.57.